The zero-order chi connectivity index (χ0) is 14.8. The second-order valence-electron chi connectivity index (χ2n) is 5.46. The Morgan fingerprint density at radius 3 is 2.40 bits per heavy atom. The van der Waals surface area contributed by atoms with Crippen LogP contribution >= 0.6 is 0 Å². The molecule has 5 heteroatoms. The summed E-state index contributed by atoms with van der Waals surface area (Å²) in [4.78, 5) is 16.4. The van der Waals surface area contributed by atoms with Crippen LogP contribution in [-0.2, 0) is 9.53 Å². The highest BCUT2D eigenvalue weighted by Crippen LogP contribution is 2.11. The van der Waals surface area contributed by atoms with Crippen LogP contribution in [0.25, 0.3) is 0 Å². The smallest absolute Gasteiger partial charge is 0.224 e. The lowest BCUT2D eigenvalue weighted by molar-refractivity contribution is -0.134. The molecule has 0 aromatic rings. The van der Waals surface area contributed by atoms with Gasteiger partial charge in [-0.1, -0.05) is 20.3 Å². The van der Waals surface area contributed by atoms with Crippen molar-refractivity contribution in [2.24, 2.45) is 5.73 Å². The first-order valence-corrected chi connectivity index (χ1v) is 8.02. The van der Waals surface area contributed by atoms with Crippen molar-refractivity contribution in [3.63, 3.8) is 0 Å². The molecule has 1 atom stereocenters. The van der Waals surface area contributed by atoms with Crippen LogP contribution in [-0.4, -0.2) is 67.7 Å². The maximum Gasteiger partial charge on any atom is 0.224 e. The van der Waals surface area contributed by atoms with E-state index in [0.717, 1.165) is 52.0 Å². The van der Waals surface area contributed by atoms with E-state index in [1.165, 1.54) is 0 Å². The van der Waals surface area contributed by atoms with Crippen molar-refractivity contribution in [1.82, 2.24) is 9.80 Å². The number of carbonyl (C=O) groups excluding carboxylic acids is 1. The number of carbonyl (C=O) groups is 1. The van der Waals surface area contributed by atoms with Gasteiger partial charge in [-0.25, -0.2) is 0 Å². The molecular formula is C15H31N3O2. The van der Waals surface area contributed by atoms with E-state index in [-0.39, 0.29) is 5.91 Å². The molecule has 118 valence electrons. The van der Waals surface area contributed by atoms with Gasteiger partial charge in [0, 0.05) is 45.4 Å². The summed E-state index contributed by atoms with van der Waals surface area (Å²) < 4.78 is 5.38. The van der Waals surface area contributed by atoms with Gasteiger partial charge in [-0.2, -0.15) is 0 Å². The van der Waals surface area contributed by atoms with Crippen LogP contribution in [0.15, 0.2) is 0 Å². The first-order valence-electron chi connectivity index (χ1n) is 8.02. The molecule has 1 unspecified atom stereocenters. The minimum Gasteiger partial charge on any atom is -0.381 e. The normalized spacial score (nSPS) is 18.2. The molecule has 0 aromatic carbocycles. The lowest BCUT2D eigenvalue weighted by atomic mass is 10.1. The summed E-state index contributed by atoms with van der Waals surface area (Å²) in [5.74, 6) is 0.223. The maximum atomic E-state index is 12.0. The van der Waals surface area contributed by atoms with Crippen molar-refractivity contribution < 1.29 is 9.53 Å². The van der Waals surface area contributed by atoms with E-state index in [4.69, 9.17) is 10.5 Å². The molecule has 0 saturated carbocycles. The quantitative estimate of drug-likeness (QED) is 0.644. The molecule has 0 radical (unpaired) electrons. The predicted molar refractivity (Wildman–Crippen MR) is 81.6 cm³/mol. The van der Waals surface area contributed by atoms with Crippen LogP contribution in [0.2, 0.25) is 0 Å². The first kappa shape index (κ1) is 17.4. The monoisotopic (exact) mass is 285 g/mol. The van der Waals surface area contributed by atoms with Gasteiger partial charge in [0.2, 0.25) is 5.91 Å². The largest absolute Gasteiger partial charge is 0.381 e. The number of rotatable bonds is 9. The number of amides is 1. The highest BCUT2D eigenvalue weighted by Gasteiger charge is 2.24. The van der Waals surface area contributed by atoms with Gasteiger partial charge in [0.05, 0.1) is 13.0 Å². The molecule has 0 bridgehead atoms. The molecule has 0 aliphatic carbocycles. The molecule has 2 N–H and O–H groups in total. The molecular weight excluding hydrogens is 254 g/mol. The summed E-state index contributed by atoms with van der Waals surface area (Å²) >= 11 is 0. The average Bonchev–Trinajstić information content (AvgIpc) is 2.49. The van der Waals surface area contributed by atoms with Gasteiger partial charge in [0.1, 0.15) is 0 Å². The summed E-state index contributed by atoms with van der Waals surface area (Å²) in [6.45, 7) is 9.83. The van der Waals surface area contributed by atoms with Crippen LogP contribution in [0.5, 0.6) is 0 Å². The van der Waals surface area contributed by atoms with Gasteiger partial charge in [0.25, 0.3) is 0 Å². The van der Waals surface area contributed by atoms with Gasteiger partial charge >= 0.3 is 0 Å². The zero-order valence-corrected chi connectivity index (χ0v) is 13.1. The van der Waals surface area contributed by atoms with Crippen LogP contribution in [0.1, 0.15) is 39.5 Å². The van der Waals surface area contributed by atoms with Crippen LogP contribution in [0, 0.1) is 0 Å². The fourth-order valence-electron chi connectivity index (χ4n) is 2.68. The number of piperazine rings is 1. The lowest BCUT2D eigenvalue weighted by Crippen LogP contribution is -2.53. The van der Waals surface area contributed by atoms with Crippen LogP contribution < -0.4 is 5.73 Å². The summed E-state index contributed by atoms with van der Waals surface area (Å²) in [7, 11) is 0. The van der Waals surface area contributed by atoms with Crippen molar-refractivity contribution in [1.29, 1.82) is 0 Å². The maximum absolute atomic E-state index is 12.0. The molecule has 1 heterocycles. The van der Waals surface area contributed by atoms with E-state index in [0.29, 0.717) is 25.6 Å². The number of hydrogen-bond donors (Lipinski definition) is 1. The van der Waals surface area contributed by atoms with E-state index in [1.807, 2.05) is 4.90 Å². The van der Waals surface area contributed by atoms with Gasteiger partial charge < -0.3 is 15.4 Å². The second-order valence-corrected chi connectivity index (χ2v) is 5.46. The Kier molecular flexibility index (Phi) is 8.82. The number of nitrogens with two attached hydrogens (primary N) is 1. The van der Waals surface area contributed by atoms with Crippen LogP contribution in [0.4, 0.5) is 0 Å². The van der Waals surface area contributed by atoms with E-state index in [2.05, 4.69) is 18.7 Å². The van der Waals surface area contributed by atoms with Crippen molar-refractivity contribution >= 4 is 5.91 Å². The van der Waals surface area contributed by atoms with Crippen molar-refractivity contribution in [3.8, 4) is 0 Å². The number of ether oxygens (including phenoxy) is 1. The van der Waals surface area contributed by atoms with Crippen molar-refractivity contribution in [3.05, 3.63) is 0 Å². The SMILES string of the molecule is CCCOCCC(=O)N1CCN(C(CN)CCC)CC1. The van der Waals surface area contributed by atoms with Gasteiger partial charge in [-0.05, 0) is 12.8 Å². The second kappa shape index (κ2) is 10.1. The standard InChI is InChI=1S/C15H31N3O2/c1-3-5-14(13-16)17-7-9-18(10-8-17)15(19)6-12-20-11-4-2/h14H,3-13,16H2,1-2H3. The third kappa shape index (κ3) is 5.77. The van der Waals surface area contributed by atoms with Crippen molar-refractivity contribution in [2.45, 2.75) is 45.6 Å². The van der Waals surface area contributed by atoms with E-state index in [1.54, 1.807) is 0 Å². The summed E-state index contributed by atoms with van der Waals surface area (Å²) in [6.07, 6.45) is 3.82. The molecule has 1 amide bonds. The summed E-state index contributed by atoms with van der Waals surface area (Å²) in [5.41, 5.74) is 5.84. The minimum absolute atomic E-state index is 0.223. The number of nitrogens with zero attached hydrogens (tertiary/aromatic N) is 2. The Morgan fingerprint density at radius 1 is 1.15 bits per heavy atom. The first-order chi connectivity index (χ1) is 9.72. The minimum atomic E-state index is 0.223. The molecule has 1 aliphatic heterocycles. The van der Waals surface area contributed by atoms with E-state index < -0.39 is 0 Å². The Morgan fingerprint density at radius 2 is 1.85 bits per heavy atom. The Balaban J connectivity index is 2.25. The molecule has 20 heavy (non-hydrogen) atoms. The molecule has 1 saturated heterocycles. The van der Waals surface area contributed by atoms with E-state index in [9.17, 15) is 4.79 Å². The fraction of sp³-hybridized carbons (Fsp3) is 0.933. The number of hydrogen-bond acceptors (Lipinski definition) is 4. The summed E-state index contributed by atoms with van der Waals surface area (Å²) in [6, 6.07) is 0.477. The average molecular weight is 285 g/mol. The van der Waals surface area contributed by atoms with E-state index >= 15 is 0 Å². The van der Waals surface area contributed by atoms with Gasteiger partial charge in [-0.15, -0.1) is 0 Å². The predicted octanol–water partition coefficient (Wildman–Crippen LogP) is 1.07. The highest BCUT2D eigenvalue weighted by atomic mass is 16.5. The van der Waals surface area contributed by atoms with Gasteiger partial charge in [-0.3, -0.25) is 9.69 Å². The lowest BCUT2D eigenvalue weighted by Gasteiger charge is -2.39. The molecule has 1 rings (SSSR count). The Labute approximate surface area is 123 Å². The topological polar surface area (TPSA) is 58.8 Å². The molecule has 0 spiro atoms. The Bertz CT molecular complexity index is 266. The summed E-state index contributed by atoms with van der Waals surface area (Å²) in [5, 5.41) is 0. The molecule has 1 fully saturated rings. The third-order valence-corrected chi connectivity index (χ3v) is 3.89. The third-order valence-electron chi connectivity index (χ3n) is 3.89. The fourth-order valence-corrected chi connectivity index (χ4v) is 2.68. The van der Waals surface area contributed by atoms with Crippen molar-refractivity contribution in [2.75, 3.05) is 45.9 Å². The molecule has 0 aromatic heterocycles. The van der Waals surface area contributed by atoms with Gasteiger partial charge in [0.15, 0.2) is 0 Å². The molecule has 5 nitrogen and oxygen atoms in total. The zero-order valence-electron chi connectivity index (χ0n) is 13.1. The van der Waals surface area contributed by atoms with Crippen LogP contribution in [0.3, 0.4) is 0 Å². The highest BCUT2D eigenvalue weighted by molar-refractivity contribution is 5.76. The Hall–Kier alpha value is -0.650. The molecule has 1 aliphatic rings.